The van der Waals surface area contributed by atoms with Crippen LogP contribution in [0, 0.1) is 0 Å². The molecule has 1 aliphatic heterocycles. The number of hydrogen-bond acceptors (Lipinski definition) is 7. The Balaban J connectivity index is 1.64. The van der Waals surface area contributed by atoms with Crippen molar-refractivity contribution in [3.63, 3.8) is 0 Å². The number of carbonyl (C=O) groups excluding carboxylic acids is 2. The Morgan fingerprint density at radius 3 is 2.53 bits per heavy atom. The summed E-state index contributed by atoms with van der Waals surface area (Å²) in [6, 6.07) is 8.82. The molecule has 3 rings (SSSR count). The van der Waals surface area contributed by atoms with Crippen molar-refractivity contribution in [2.45, 2.75) is 6.04 Å². The van der Waals surface area contributed by atoms with Crippen molar-refractivity contribution in [1.82, 2.24) is 15.5 Å². The van der Waals surface area contributed by atoms with Crippen molar-refractivity contribution in [2.75, 3.05) is 53.6 Å². The van der Waals surface area contributed by atoms with Crippen LogP contribution >= 0.6 is 0 Å². The van der Waals surface area contributed by atoms with Crippen molar-refractivity contribution < 1.29 is 28.2 Å². The van der Waals surface area contributed by atoms with E-state index in [1.165, 1.54) is 6.26 Å². The fraction of sp³-hybridized carbons (Fsp3) is 0.429. The molecule has 2 amide bonds. The lowest BCUT2D eigenvalue weighted by Crippen LogP contribution is -2.45. The second-order valence-corrected chi connectivity index (χ2v) is 6.74. The van der Waals surface area contributed by atoms with E-state index in [0.29, 0.717) is 31.3 Å². The van der Waals surface area contributed by atoms with Gasteiger partial charge in [-0.15, -0.1) is 0 Å². The van der Waals surface area contributed by atoms with Gasteiger partial charge < -0.3 is 29.3 Å². The quantitative estimate of drug-likeness (QED) is 0.632. The van der Waals surface area contributed by atoms with Gasteiger partial charge in [-0.25, -0.2) is 0 Å². The van der Waals surface area contributed by atoms with E-state index in [2.05, 4.69) is 15.5 Å². The molecule has 30 heavy (non-hydrogen) atoms. The third kappa shape index (κ3) is 5.52. The molecule has 162 valence electrons. The highest BCUT2D eigenvalue weighted by molar-refractivity contribution is 5.94. The molecule has 2 heterocycles. The molecule has 1 aromatic heterocycles. The molecule has 0 saturated carbocycles. The van der Waals surface area contributed by atoms with Crippen LogP contribution in [0.4, 0.5) is 0 Å². The standard InChI is InChI=1S/C21H27N3O6/c1-27-17-6-5-15(12-19(17)28-2)16(24-7-10-29-11-8-24)13-22-20(25)14-23-21(26)18-4-3-9-30-18/h3-6,9,12,16H,7-8,10-11,13-14H2,1-2H3,(H,22,25)(H,23,26). The van der Waals surface area contributed by atoms with E-state index in [1.807, 2.05) is 18.2 Å². The second kappa shape index (κ2) is 10.7. The summed E-state index contributed by atoms with van der Waals surface area (Å²) in [7, 11) is 3.18. The predicted octanol–water partition coefficient (Wildman–Crippen LogP) is 1.22. The molecule has 1 fully saturated rings. The number of benzene rings is 1. The average molecular weight is 417 g/mol. The van der Waals surface area contributed by atoms with Gasteiger partial charge in [-0.2, -0.15) is 0 Å². The maximum absolute atomic E-state index is 12.3. The van der Waals surface area contributed by atoms with Crippen molar-refractivity contribution in [2.24, 2.45) is 0 Å². The number of rotatable bonds is 9. The molecule has 1 aromatic carbocycles. The van der Waals surface area contributed by atoms with Crippen LogP contribution in [-0.2, 0) is 9.53 Å². The summed E-state index contributed by atoms with van der Waals surface area (Å²) in [6.07, 6.45) is 1.41. The van der Waals surface area contributed by atoms with E-state index >= 15 is 0 Å². The number of methoxy groups -OCH3 is 2. The molecule has 0 radical (unpaired) electrons. The van der Waals surface area contributed by atoms with Crippen LogP contribution < -0.4 is 20.1 Å². The van der Waals surface area contributed by atoms with Gasteiger partial charge in [-0.05, 0) is 29.8 Å². The molecule has 0 aliphatic carbocycles. The zero-order valence-electron chi connectivity index (χ0n) is 17.2. The van der Waals surface area contributed by atoms with Gasteiger partial charge >= 0.3 is 0 Å². The zero-order valence-corrected chi connectivity index (χ0v) is 17.2. The number of furan rings is 1. The molecule has 9 heteroatoms. The number of ether oxygens (including phenoxy) is 3. The van der Waals surface area contributed by atoms with E-state index in [0.717, 1.165) is 18.7 Å². The monoisotopic (exact) mass is 417 g/mol. The van der Waals surface area contributed by atoms with Gasteiger partial charge in [0.15, 0.2) is 17.3 Å². The van der Waals surface area contributed by atoms with Gasteiger partial charge in [-0.3, -0.25) is 14.5 Å². The molecule has 1 unspecified atom stereocenters. The van der Waals surface area contributed by atoms with Crippen LogP contribution in [0.2, 0.25) is 0 Å². The van der Waals surface area contributed by atoms with Crippen molar-refractivity contribution >= 4 is 11.8 Å². The summed E-state index contributed by atoms with van der Waals surface area (Å²) < 4.78 is 21.2. The Kier molecular flexibility index (Phi) is 7.69. The third-order valence-electron chi connectivity index (χ3n) is 4.93. The summed E-state index contributed by atoms with van der Waals surface area (Å²) in [5.74, 6) is 0.727. The first-order valence-electron chi connectivity index (χ1n) is 9.74. The topological polar surface area (TPSA) is 102 Å². The largest absolute Gasteiger partial charge is 0.493 e. The highest BCUT2D eigenvalue weighted by Crippen LogP contribution is 2.32. The summed E-state index contributed by atoms with van der Waals surface area (Å²) in [4.78, 5) is 26.5. The van der Waals surface area contributed by atoms with E-state index < -0.39 is 5.91 Å². The van der Waals surface area contributed by atoms with E-state index in [-0.39, 0.29) is 24.3 Å². The van der Waals surface area contributed by atoms with Gasteiger partial charge in [0.1, 0.15) is 0 Å². The van der Waals surface area contributed by atoms with E-state index in [9.17, 15) is 9.59 Å². The number of amides is 2. The first-order valence-corrected chi connectivity index (χ1v) is 9.74. The van der Waals surface area contributed by atoms with Crippen LogP contribution in [0.5, 0.6) is 11.5 Å². The average Bonchev–Trinajstić information content (AvgIpc) is 3.33. The number of hydrogen-bond donors (Lipinski definition) is 2. The normalized spacial score (nSPS) is 15.3. The predicted molar refractivity (Wildman–Crippen MR) is 109 cm³/mol. The molecule has 1 saturated heterocycles. The smallest absolute Gasteiger partial charge is 0.287 e. The van der Waals surface area contributed by atoms with Crippen LogP contribution in [0.1, 0.15) is 22.2 Å². The lowest BCUT2D eigenvalue weighted by molar-refractivity contribution is -0.120. The molecule has 2 N–H and O–H groups in total. The van der Waals surface area contributed by atoms with Gasteiger partial charge in [0.05, 0.1) is 46.3 Å². The summed E-state index contributed by atoms with van der Waals surface area (Å²) in [6.45, 7) is 3.02. The molecule has 1 atom stereocenters. The minimum Gasteiger partial charge on any atom is -0.493 e. The maximum atomic E-state index is 12.3. The lowest BCUT2D eigenvalue weighted by atomic mass is 10.0. The zero-order chi connectivity index (χ0) is 21.3. The Labute approximate surface area is 175 Å². The molecule has 0 bridgehead atoms. The van der Waals surface area contributed by atoms with Crippen LogP contribution in [0.25, 0.3) is 0 Å². The van der Waals surface area contributed by atoms with Crippen LogP contribution in [0.15, 0.2) is 41.0 Å². The van der Waals surface area contributed by atoms with E-state index in [1.54, 1.807) is 26.4 Å². The molecule has 2 aromatic rings. The van der Waals surface area contributed by atoms with Crippen molar-refractivity contribution in [3.05, 3.63) is 47.9 Å². The fourth-order valence-corrected chi connectivity index (χ4v) is 3.34. The number of nitrogens with one attached hydrogen (secondary N) is 2. The third-order valence-corrected chi connectivity index (χ3v) is 4.93. The summed E-state index contributed by atoms with van der Waals surface area (Å²) >= 11 is 0. The highest BCUT2D eigenvalue weighted by Gasteiger charge is 2.24. The molecule has 9 nitrogen and oxygen atoms in total. The minimum absolute atomic E-state index is 0.0709. The lowest BCUT2D eigenvalue weighted by Gasteiger charge is -2.35. The van der Waals surface area contributed by atoms with Crippen molar-refractivity contribution in [3.8, 4) is 11.5 Å². The second-order valence-electron chi connectivity index (χ2n) is 6.74. The molecular formula is C21H27N3O6. The highest BCUT2D eigenvalue weighted by atomic mass is 16.5. The first kappa shape index (κ1) is 21.7. The van der Waals surface area contributed by atoms with Gasteiger partial charge in [0.25, 0.3) is 5.91 Å². The van der Waals surface area contributed by atoms with Crippen molar-refractivity contribution in [1.29, 1.82) is 0 Å². The maximum Gasteiger partial charge on any atom is 0.287 e. The fourth-order valence-electron chi connectivity index (χ4n) is 3.34. The molecular weight excluding hydrogens is 390 g/mol. The summed E-state index contributed by atoms with van der Waals surface area (Å²) in [5.41, 5.74) is 0.995. The SMILES string of the molecule is COc1ccc(C(CNC(=O)CNC(=O)c2ccco2)N2CCOCC2)cc1OC. The number of carbonyl (C=O) groups is 2. The Morgan fingerprint density at radius 2 is 1.87 bits per heavy atom. The molecule has 0 spiro atoms. The number of morpholine rings is 1. The van der Waals surface area contributed by atoms with Crippen LogP contribution in [0.3, 0.4) is 0 Å². The van der Waals surface area contributed by atoms with Gasteiger partial charge in [0, 0.05) is 19.6 Å². The Hall–Kier alpha value is -3.04. The van der Waals surface area contributed by atoms with E-state index in [4.69, 9.17) is 18.6 Å². The van der Waals surface area contributed by atoms with Crippen LogP contribution in [-0.4, -0.2) is 70.3 Å². The van der Waals surface area contributed by atoms with Gasteiger partial charge in [-0.1, -0.05) is 6.07 Å². The molecule has 1 aliphatic rings. The Bertz CT molecular complexity index is 833. The number of nitrogens with zero attached hydrogens (tertiary/aromatic N) is 1. The minimum atomic E-state index is -0.431. The Morgan fingerprint density at radius 1 is 1.10 bits per heavy atom. The summed E-state index contributed by atoms with van der Waals surface area (Å²) in [5, 5.41) is 5.45. The first-order chi connectivity index (χ1) is 14.6. The van der Waals surface area contributed by atoms with Gasteiger partial charge in [0.2, 0.25) is 5.91 Å².